The van der Waals surface area contributed by atoms with Crippen molar-refractivity contribution in [1.82, 2.24) is 10.2 Å². The summed E-state index contributed by atoms with van der Waals surface area (Å²) in [5, 5.41) is 2.99. The molecule has 0 aliphatic heterocycles. The second-order valence-corrected chi connectivity index (χ2v) is 5.78. The molecule has 1 unspecified atom stereocenters. The number of benzene rings is 1. The van der Waals surface area contributed by atoms with Gasteiger partial charge in [0.2, 0.25) is 5.91 Å². The number of thioether (sulfide) groups is 1. The Hall–Kier alpha value is -1.00. The van der Waals surface area contributed by atoms with Crippen molar-refractivity contribution >= 4 is 17.7 Å². The van der Waals surface area contributed by atoms with Gasteiger partial charge in [0, 0.05) is 13.1 Å². The van der Waals surface area contributed by atoms with Gasteiger partial charge in [-0.3, -0.25) is 4.79 Å². The van der Waals surface area contributed by atoms with Crippen LogP contribution in [0.2, 0.25) is 0 Å². The van der Waals surface area contributed by atoms with Crippen LogP contribution in [-0.2, 0) is 17.9 Å². The Labute approximate surface area is 114 Å². The second kappa shape index (κ2) is 7.44. The van der Waals surface area contributed by atoms with Crippen molar-refractivity contribution in [3.05, 3.63) is 35.4 Å². The SMILES string of the molecule is CSC(C)C(=O)NCc1ccccc1CN(C)C. The third-order valence-electron chi connectivity index (χ3n) is 2.78. The highest BCUT2D eigenvalue weighted by Crippen LogP contribution is 2.11. The number of amides is 1. The number of rotatable bonds is 6. The first-order valence-electron chi connectivity index (χ1n) is 6.06. The number of nitrogens with one attached hydrogen (secondary N) is 1. The predicted molar refractivity (Wildman–Crippen MR) is 78.7 cm³/mol. The van der Waals surface area contributed by atoms with Crippen molar-refractivity contribution in [2.24, 2.45) is 0 Å². The van der Waals surface area contributed by atoms with Gasteiger partial charge < -0.3 is 10.2 Å². The summed E-state index contributed by atoms with van der Waals surface area (Å²) in [6.07, 6.45) is 1.95. The lowest BCUT2D eigenvalue weighted by Gasteiger charge is -2.15. The molecule has 1 aromatic carbocycles. The van der Waals surface area contributed by atoms with Crippen molar-refractivity contribution in [2.75, 3.05) is 20.4 Å². The molecule has 1 N–H and O–H groups in total. The van der Waals surface area contributed by atoms with Crippen LogP contribution in [0.25, 0.3) is 0 Å². The van der Waals surface area contributed by atoms with Crippen molar-refractivity contribution in [1.29, 1.82) is 0 Å². The number of carbonyl (C=O) groups is 1. The van der Waals surface area contributed by atoms with Crippen LogP contribution in [0.5, 0.6) is 0 Å². The third-order valence-corrected chi connectivity index (χ3v) is 3.70. The lowest BCUT2D eigenvalue weighted by Crippen LogP contribution is -2.30. The van der Waals surface area contributed by atoms with Gasteiger partial charge in [0.25, 0.3) is 0 Å². The number of nitrogens with zero attached hydrogens (tertiary/aromatic N) is 1. The summed E-state index contributed by atoms with van der Waals surface area (Å²) in [5.74, 6) is 0.0992. The molecule has 1 atom stereocenters. The minimum atomic E-state index is 0.00557. The van der Waals surface area contributed by atoms with E-state index in [1.165, 1.54) is 11.1 Å². The molecule has 0 aliphatic carbocycles. The molecular weight excluding hydrogens is 244 g/mol. The highest BCUT2D eigenvalue weighted by atomic mass is 32.2. The van der Waals surface area contributed by atoms with E-state index in [-0.39, 0.29) is 11.2 Å². The van der Waals surface area contributed by atoms with Crippen LogP contribution in [0.1, 0.15) is 18.1 Å². The highest BCUT2D eigenvalue weighted by Gasteiger charge is 2.11. The van der Waals surface area contributed by atoms with Crippen LogP contribution in [0.3, 0.4) is 0 Å². The van der Waals surface area contributed by atoms with Crippen molar-refractivity contribution in [3.63, 3.8) is 0 Å². The van der Waals surface area contributed by atoms with E-state index in [1.807, 2.05) is 39.4 Å². The highest BCUT2D eigenvalue weighted by molar-refractivity contribution is 7.99. The van der Waals surface area contributed by atoms with E-state index in [0.29, 0.717) is 6.54 Å². The van der Waals surface area contributed by atoms with E-state index in [9.17, 15) is 4.79 Å². The smallest absolute Gasteiger partial charge is 0.233 e. The molecule has 0 heterocycles. The van der Waals surface area contributed by atoms with E-state index in [2.05, 4.69) is 22.3 Å². The molecule has 18 heavy (non-hydrogen) atoms. The van der Waals surface area contributed by atoms with Crippen molar-refractivity contribution in [2.45, 2.75) is 25.3 Å². The molecule has 0 fully saturated rings. The molecule has 4 heteroatoms. The lowest BCUT2D eigenvalue weighted by molar-refractivity contribution is -0.120. The van der Waals surface area contributed by atoms with Crippen molar-refractivity contribution in [3.8, 4) is 0 Å². The third kappa shape index (κ3) is 4.70. The summed E-state index contributed by atoms with van der Waals surface area (Å²) in [7, 11) is 4.09. The maximum Gasteiger partial charge on any atom is 0.233 e. The van der Waals surface area contributed by atoms with Crippen LogP contribution in [0.15, 0.2) is 24.3 Å². The molecule has 1 amide bonds. The first-order valence-corrected chi connectivity index (χ1v) is 7.35. The van der Waals surface area contributed by atoms with Gasteiger partial charge in [0.05, 0.1) is 5.25 Å². The minimum absolute atomic E-state index is 0.00557. The van der Waals surface area contributed by atoms with Gasteiger partial charge in [-0.25, -0.2) is 0 Å². The fraction of sp³-hybridized carbons (Fsp3) is 0.500. The van der Waals surface area contributed by atoms with Crippen LogP contribution < -0.4 is 5.32 Å². The first kappa shape index (κ1) is 15.1. The molecule has 0 saturated heterocycles. The average molecular weight is 266 g/mol. The minimum Gasteiger partial charge on any atom is -0.351 e. The first-order chi connectivity index (χ1) is 8.54. The van der Waals surface area contributed by atoms with Gasteiger partial charge in [-0.1, -0.05) is 24.3 Å². The molecule has 0 aromatic heterocycles. The molecule has 0 spiro atoms. The molecular formula is C14H22N2OS. The summed E-state index contributed by atoms with van der Waals surface area (Å²) < 4.78 is 0. The zero-order valence-electron chi connectivity index (χ0n) is 11.6. The predicted octanol–water partition coefficient (Wildman–Crippen LogP) is 2.12. The standard InChI is InChI=1S/C14H22N2OS/c1-11(18-4)14(17)15-9-12-7-5-6-8-13(12)10-16(2)3/h5-8,11H,9-10H2,1-4H3,(H,15,17). The van der Waals surface area contributed by atoms with Gasteiger partial charge >= 0.3 is 0 Å². The molecule has 0 aliphatic rings. The topological polar surface area (TPSA) is 32.3 Å². The summed E-state index contributed by atoms with van der Waals surface area (Å²) in [4.78, 5) is 13.9. The van der Waals surface area contributed by atoms with Crippen LogP contribution in [0.4, 0.5) is 0 Å². The van der Waals surface area contributed by atoms with E-state index in [0.717, 1.165) is 6.54 Å². The summed E-state index contributed by atoms with van der Waals surface area (Å²) in [6, 6.07) is 8.23. The average Bonchev–Trinajstić information content (AvgIpc) is 2.35. The Morgan fingerprint density at radius 3 is 2.50 bits per heavy atom. The number of hydrogen-bond acceptors (Lipinski definition) is 3. The fourth-order valence-corrected chi connectivity index (χ4v) is 1.96. The van der Waals surface area contributed by atoms with Gasteiger partial charge in [-0.2, -0.15) is 11.8 Å². The Balaban J connectivity index is 2.64. The lowest BCUT2D eigenvalue weighted by atomic mass is 10.1. The Morgan fingerprint density at radius 2 is 1.94 bits per heavy atom. The largest absolute Gasteiger partial charge is 0.351 e. The quantitative estimate of drug-likeness (QED) is 0.856. The zero-order valence-corrected chi connectivity index (χ0v) is 12.4. The zero-order chi connectivity index (χ0) is 13.5. The van der Waals surface area contributed by atoms with E-state index in [4.69, 9.17) is 0 Å². The van der Waals surface area contributed by atoms with Crippen LogP contribution >= 0.6 is 11.8 Å². The second-order valence-electron chi connectivity index (χ2n) is 4.60. The normalized spacial score (nSPS) is 12.5. The van der Waals surface area contributed by atoms with E-state index < -0.39 is 0 Å². The van der Waals surface area contributed by atoms with Gasteiger partial charge in [0.15, 0.2) is 0 Å². The molecule has 0 saturated carbocycles. The Kier molecular flexibility index (Phi) is 6.22. The molecule has 1 rings (SSSR count). The maximum atomic E-state index is 11.7. The Bertz CT molecular complexity index is 393. The monoisotopic (exact) mass is 266 g/mol. The summed E-state index contributed by atoms with van der Waals surface area (Å²) in [6.45, 7) is 3.42. The fourth-order valence-electron chi connectivity index (χ4n) is 1.66. The van der Waals surface area contributed by atoms with Crippen LogP contribution in [-0.4, -0.2) is 36.4 Å². The van der Waals surface area contributed by atoms with Gasteiger partial charge in [-0.05, 0) is 38.4 Å². The van der Waals surface area contributed by atoms with E-state index >= 15 is 0 Å². The molecule has 0 bridgehead atoms. The van der Waals surface area contributed by atoms with Crippen molar-refractivity contribution < 1.29 is 4.79 Å². The van der Waals surface area contributed by atoms with Gasteiger partial charge in [0.1, 0.15) is 0 Å². The van der Waals surface area contributed by atoms with E-state index in [1.54, 1.807) is 11.8 Å². The molecule has 3 nitrogen and oxygen atoms in total. The Morgan fingerprint density at radius 1 is 1.33 bits per heavy atom. The molecule has 1 aromatic rings. The summed E-state index contributed by atoms with van der Waals surface area (Å²) in [5.41, 5.74) is 2.45. The van der Waals surface area contributed by atoms with Crippen LogP contribution in [0, 0.1) is 0 Å². The summed E-state index contributed by atoms with van der Waals surface area (Å²) >= 11 is 1.56. The number of carbonyl (C=O) groups excluding carboxylic acids is 1. The maximum absolute atomic E-state index is 11.7. The molecule has 0 radical (unpaired) electrons. The van der Waals surface area contributed by atoms with Gasteiger partial charge in [-0.15, -0.1) is 0 Å². The molecule has 100 valence electrons. The number of hydrogen-bond donors (Lipinski definition) is 1.